The van der Waals surface area contributed by atoms with Gasteiger partial charge in [-0.25, -0.2) is 0 Å². The number of allylic oxidation sites excluding steroid dienone is 5. The number of para-hydroxylation sites is 2. The Labute approximate surface area is 219 Å². The molecule has 0 amide bonds. The molecular weight excluding hydrogens is 464 g/mol. The van der Waals surface area contributed by atoms with Gasteiger partial charge < -0.3 is 4.42 Å². The fourth-order valence-electron chi connectivity index (χ4n) is 6.06. The first-order valence-corrected chi connectivity index (χ1v) is 12.9. The predicted molar refractivity (Wildman–Crippen MR) is 160 cm³/mol. The Morgan fingerprint density at radius 2 is 1.26 bits per heavy atom. The molecule has 7 aromatic rings. The van der Waals surface area contributed by atoms with E-state index in [2.05, 4.69) is 131 Å². The Balaban J connectivity index is 1.65. The van der Waals surface area contributed by atoms with Gasteiger partial charge >= 0.3 is 0 Å². The summed E-state index contributed by atoms with van der Waals surface area (Å²) < 4.78 is 11.4. The molecule has 6 bridgehead atoms. The van der Waals surface area contributed by atoms with Crippen molar-refractivity contribution in [3.63, 3.8) is 0 Å². The molecule has 180 valence electrons. The summed E-state index contributed by atoms with van der Waals surface area (Å²) in [5.74, 6) is 0. The standard InChI is InChI=1S/C35H24N2O/c1-3-10-26-19-22(2)23-11-8-12-24(20-23)25-13-9-14-27(21-25)37-31-18-7-5-16-29(31)33-32-28-15-4-6-17-30(28)36(26)34(32)38-35(33)37/h3-21H,2H2,1H3/b10-3-,26-19?. The van der Waals surface area contributed by atoms with Crippen LogP contribution in [0, 0.1) is 0 Å². The van der Waals surface area contributed by atoms with Crippen LogP contribution in [0.2, 0.25) is 0 Å². The highest BCUT2D eigenvalue weighted by Gasteiger charge is 2.25. The first-order chi connectivity index (χ1) is 18.7. The molecule has 0 N–H and O–H groups in total. The fraction of sp³-hybridized carbons (Fsp3) is 0.0286. The number of aromatic nitrogens is 2. The maximum absolute atomic E-state index is 6.91. The molecule has 0 atom stereocenters. The number of fused-ring (bicyclic) bond motifs is 13. The molecule has 3 nitrogen and oxygen atoms in total. The molecule has 0 saturated heterocycles. The van der Waals surface area contributed by atoms with Gasteiger partial charge in [-0.1, -0.05) is 79.4 Å². The monoisotopic (exact) mass is 488 g/mol. The molecule has 3 heteroatoms. The van der Waals surface area contributed by atoms with Crippen molar-refractivity contribution in [3.05, 3.63) is 127 Å². The average molecular weight is 489 g/mol. The second-order valence-corrected chi connectivity index (χ2v) is 9.89. The molecule has 4 heterocycles. The van der Waals surface area contributed by atoms with Crippen molar-refractivity contribution >= 4 is 55.3 Å². The Morgan fingerprint density at radius 3 is 2.00 bits per heavy atom. The molecule has 4 aromatic carbocycles. The third kappa shape index (κ3) is 2.79. The van der Waals surface area contributed by atoms with Gasteiger partial charge in [0, 0.05) is 22.2 Å². The summed E-state index contributed by atoms with van der Waals surface area (Å²) in [5, 5.41) is 4.64. The molecule has 3 aromatic heterocycles. The minimum absolute atomic E-state index is 0.842. The van der Waals surface area contributed by atoms with E-state index in [0.29, 0.717) is 0 Å². The summed E-state index contributed by atoms with van der Waals surface area (Å²) in [5.41, 5.74) is 10.4. The zero-order valence-electron chi connectivity index (χ0n) is 21.0. The van der Waals surface area contributed by atoms with Gasteiger partial charge in [0.15, 0.2) is 0 Å². The third-order valence-electron chi connectivity index (χ3n) is 7.69. The van der Waals surface area contributed by atoms with Gasteiger partial charge in [-0.2, -0.15) is 0 Å². The van der Waals surface area contributed by atoms with Crippen molar-refractivity contribution in [3.8, 4) is 16.8 Å². The van der Waals surface area contributed by atoms with Crippen molar-refractivity contribution in [2.45, 2.75) is 6.92 Å². The van der Waals surface area contributed by atoms with Gasteiger partial charge in [-0.05, 0) is 71.7 Å². The van der Waals surface area contributed by atoms with Crippen LogP contribution in [0.5, 0.6) is 0 Å². The van der Waals surface area contributed by atoms with Crippen LogP contribution < -0.4 is 0 Å². The summed E-state index contributed by atoms with van der Waals surface area (Å²) in [4.78, 5) is 0. The Bertz CT molecular complexity index is 2160. The Kier molecular flexibility index (Phi) is 4.30. The van der Waals surface area contributed by atoms with Gasteiger partial charge in [-0.15, -0.1) is 0 Å². The molecule has 0 fully saturated rings. The number of benzene rings is 4. The molecule has 1 aliphatic rings. The van der Waals surface area contributed by atoms with E-state index < -0.39 is 0 Å². The number of hydrogen-bond donors (Lipinski definition) is 0. The molecule has 8 rings (SSSR count). The zero-order valence-corrected chi connectivity index (χ0v) is 21.0. The molecule has 1 aliphatic heterocycles. The lowest BCUT2D eigenvalue weighted by molar-refractivity contribution is 0.626. The predicted octanol–water partition coefficient (Wildman–Crippen LogP) is 9.60. The van der Waals surface area contributed by atoms with E-state index in [0.717, 1.165) is 66.9 Å². The van der Waals surface area contributed by atoms with Crippen molar-refractivity contribution in [2.75, 3.05) is 0 Å². The van der Waals surface area contributed by atoms with Gasteiger partial charge in [0.1, 0.15) is 0 Å². The minimum atomic E-state index is 0.842. The number of rotatable bonds is 1. The summed E-state index contributed by atoms with van der Waals surface area (Å²) in [6.07, 6.45) is 6.36. The van der Waals surface area contributed by atoms with Crippen LogP contribution in [0.25, 0.3) is 72.1 Å². The van der Waals surface area contributed by atoms with Crippen LogP contribution in [0.1, 0.15) is 12.5 Å². The largest absolute Gasteiger partial charge is 0.422 e. The van der Waals surface area contributed by atoms with Crippen LogP contribution >= 0.6 is 0 Å². The van der Waals surface area contributed by atoms with Crippen molar-refractivity contribution < 1.29 is 4.42 Å². The molecule has 38 heavy (non-hydrogen) atoms. The highest BCUT2D eigenvalue weighted by molar-refractivity contribution is 6.28. The topological polar surface area (TPSA) is 23.0 Å². The third-order valence-corrected chi connectivity index (χ3v) is 7.69. The smallest absolute Gasteiger partial charge is 0.215 e. The van der Waals surface area contributed by atoms with Crippen LogP contribution in [0.4, 0.5) is 0 Å². The SMILES string of the molecule is C=C1C=C(/C=C\C)n2c3ccccc3c3c4c5ccccc5n(c4oc32)-c2cccc(c2)-c2cccc1c2. The highest BCUT2D eigenvalue weighted by atomic mass is 16.4. The van der Waals surface area contributed by atoms with Crippen LogP contribution in [-0.2, 0) is 0 Å². The van der Waals surface area contributed by atoms with Crippen molar-refractivity contribution in [1.29, 1.82) is 0 Å². The van der Waals surface area contributed by atoms with Gasteiger partial charge in [-0.3, -0.25) is 9.13 Å². The van der Waals surface area contributed by atoms with Gasteiger partial charge in [0.2, 0.25) is 11.4 Å². The summed E-state index contributed by atoms with van der Waals surface area (Å²) >= 11 is 0. The lowest BCUT2D eigenvalue weighted by Gasteiger charge is -2.13. The maximum atomic E-state index is 6.91. The minimum Gasteiger partial charge on any atom is -0.422 e. The summed E-state index contributed by atoms with van der Waals surface area (Å²) in [6, 6.07) is 34.5. The van der Waals surface area contributed by atoms with E-state index in [1.807, 2.05) is 6.92 Å². The van der Waals surface area contributed by atoms with E-state index in [-0.39, 0.29) is 0 Å². The first kappa shape index (κ1) is 21.1. The molecule has 0 aliphatic carbocycles. The normalized spacial score (nSPS) is 13.5. The fourth-order valence-corrected chi connectivity index (χ4v) is 6.06. The molecule has 0 unspecified atom stereocenters. The van der Waals surface area contributed by atoms with E-state index in [9.17, 15) is 0 Å². The van der Waals surface area contributed by atoms with Crippen LogP contribution in [-0.4, -0.2) is 9.13 Å². The molecule has 0 radical (unpaired) electrons. The van der Waals surface area contributed by atoms with Gasteiger partial charge in [0.05, 0.1) is 21.8 Å². The maximum Gasteiger partial charge on any atom is 0.215 e. The molecular formula is C35H24N2O. The summed E-state index contributed by atoms with van der Waals surface area (Å²) in [7, 11) is 0. The van der Waals surface area contributed by atoms with E-state index in [4.69, 9.17) is 4.42 Å². The average Bonchev–Trinajstić information content (AvgIpc) is 3.58. The molecule has 0 saturated carbocycles. The number of furan rings is 1. The lowest BCUT2D eigenvalue weighted by Crippen LogP contribution is -1.97. The zero-order chi connectivity index (χ0) is 25.4. The quantitative estimate of drug-likeness (QED) is 0.226. The number of nitrogens with zero attached hydrogens (tertiary/aromatic N) is 2. The second-order valence-electron chi connectivity index (χ2n) is 9.89. The Hall–Kier alpha value is -5.02. The lowest BCUT2D eigenvalue weighted by atomic mass is 9.98. The molecule has 0 spiro atoms. The van der Waals surface area contributed by atoms with E-state index in [1.54, 1.807) is 0 Å². The van der Waals surface area contributed by atoms with E-state index in [1.165, 1.54) is 10.8 Å². The first-order valence-electron chi connectivity index (χ1n) is 12.9. The summed E-state index contributed by atoms with van der Waals surface area (Å²) in [6.45, 7) is 6.52. The second kappa shape index (κ2) is 7.74. The van der Waals surface area contributed by atoms with Crippen molar-refractivity contribution in [2.24, 2.45) is 0 Å². The van der Waals surface area contributed by atoms with E-state index >= 15 is 0 Å². The van der Waals surface area contributed by atoms with Crippen LogP contribution in [0.3, 0.4) is 0 Å². The van der Waals surface area contributed by atoms with Crippen LogP contribution in [0.15, 0.2) is 126 Å². The van der Waals surface area contributed by atoms with Gasteiger partial charge in [0.25, 0.3) is 0 Å². The van der Waals surface area contributed by atoms with Crippen molar-refractivity contribution in [1.82, 2.24) is 9.13 Å². The highest BCUT2D eigenvalue weighted by Crippen LogP contribution is 2.45. The number of hydrogen-bond acceptors (Lipinski definition) is 1. The Morgan fingerprint density at radius 1 is 0.658 bits per heavy atom.